The van der Waals surface area contributed by atoms with Gasteiger partial charge in [-0.1, -0.05) is 68.3 Å². The van der Waals surface area contributed by atoms with Crippen LogP contribution >= 0.6 is 11.6 Å². The molecule has 0 saturated heterocycles. The van der Waals surface area contributed by atoms with Gasteiger partial charge in [0.15, 0.2) is 0 Å². The number of aliphatic hydroxyl groups is 2. The number of hydrogen-bond donors (Lipinski definition) is 3. The molecule has 0 spiro atoms. The molecule has 4 nitrogen and oxygen atoms in total. The molecule has 4 unspecified atom stereocenters. The summed E-state index contributed by atoms with van der Waals surface area (Å²) in [5.74, 6) is 0.602. The van der Waals surface area contributed by atoms with Crippen molar-refractivity contribution >= 4 is 27.9 Å². The first-order chi connectivity index (χ1) is 17.5. The molecule has 1 aromatic heterocycles. The van der Waals surface area contributed by atoms with E-state index < -0.39 is 5.60 Å². The molecular weight excluding hydrogens is 480 g/mol. The van der Waals surface area contributed by atoms with Crippen molar-refractivity contribution < 1.29 is 10.2 Å². The molecule has 3 N–H and O–H groups in total. The Morgan fingerprint density at radius 2 is 1.84 bits per heavy atom. The summed E-state index contributed by atoms with van der Waals surface area (Å²) in [7, 11) is 3.75. The second-order valence-electron chi connectivity index (χ2n) is 12.3. The van der Waals surface area contributed by atoms with Crippen molar-refractivity contribution in [3.05, 3.63) is 70.6 Å². The van der Waals surface area contributed by atoms with E-state index in [0.717, 1.165) is 54.9 Å². The summed E-state index contributed by atoms with van der Waals surface area (Å²) in [6.45, 7) is 7.01. The third-order valence-corrected chi connectivity index (χ3v) is 10.1. The number of halogens is 1. The second kappa shape index (κ2) is 9.64. The van der Waals surface area contributed by atoms with E-state index in [-0.39, 0.29) is 22.9 Å². The molecule has 0 aliphatic heterocycles. The third kappa shape index (κ3) is 4.21. The summed E-state index contributed by atoms with van der Waals surface area (Å²) in [5.41, 5.74) is 3.76. The maximum atomic E-state index is 12.4. The fourth-order valence-corrected chi connectivity index (χ4v) is 7.86. The van der Waals surface area contributed by atoms with Crippen LogP contribution in [0.3, 0.4) is 0 Å². The predicted octanol–water partition coefficient (Wildman–Crippen LogP) is 6.71. The van der Waals surface area contributed by atoms with Gasteiger partial charge in [0, 0.05) is 22.9 Å². The van der Waals surface area contributed by atoms with Crippen molar-refractivity contribution in [1.29, 1.82) is 0 Å². The van der Waals surface area contributed by atoms with Gasteiger partial charge in [-0.05, 0) is 98.2 Å². The van der Waals surface area contributed by atoms with E-state index in [1.54, 1.807) is 6.20 Å². The van der Waals surface area contributed by atoms with Gasteiger partial charge in [0.2, 0.25) is 0 Å². The molecule has 6 rings (SSSR count). The monoisotopic (exact) mass is 520 g/mol. The van der Waals surface area contributed by atoms with Gasteiger partial charge in [-0.2, -0.15) is 0 Å². The molecule has 1 fully saturated rings. The van der Waals surface area contributed by atoms with Crippen LogP contribution in [0.4, 0.5) is 0 Å². The van der Waals surface area contributed by atoms with Crippen molar-refractivity contribution in [2.24, 2.45) is 22.7 Å². The lowest BCUT2D eigenvalue weighted by Crippen LogP contribution is -2.55. The molecule has 198 valence electrons. The maximum absolute atomic E-state index is 12.4. The Hall–Kier alpha value is -1.98. The van der Waals surface area contributed by atoms with E-state index in [4.69, 9.17) is 11.6 Å². The fourth-order valence-electron chi connectivity index (χ4n) is 7.64. The van der Waals surface area contributed by atoms with Crippen molar-refractivity contribution in [2.75, 3.05) is 14.1 Å². The SMILES string of the molecule is CC1(C)C=C2C=C3CC(O)CCC3CC[C@]2(O)C2CC=C(c3ccc4c(Cl)nccc4c3)C21C.CNC. The smallest absolute Gasteiger partial charge is 0.136 e. The second-order valence-corrected chi connectivity index (χ2v) is 12.6. The summed E-state index contributed by atoms with van der Waals surface area (Å²) >= 11 is 6.34. The number of pyridine rings is 1. The summed E-state index contributed by atoms with van der Waals surface area (Å²) in [6, 6.07) is 8.49. The van der Waals surface area contributed by atoms with Crippen LogP contribution in [0.2, 0.25) is 5.15 Å². The van der Waals surface area contributed by atoms with Gasteiger partial charge >= 0.3 is 0 Å². The maximum Gasteiger partial charge on any atom is 0.136 e. The highest BCUT2D eigenvalue weighted by molar-refractivity contribution is 6.34. The molecular formula is C32H41ClN2O2. The third-order valence-electron chi connectivity index (χ3n) is 9.83. The van der Waals surface area contributed by atoms with Gasteiger partial charge < -0.3 is 15.5 Å². The Morgan fingerprint density at radius 1 is 1.08 bits per heavy atom. The molecule has 0 bridgehead atoms. The van der Waals surface area contributed by atoms with Crippen LogP contribution in [-0.2, 0) is 0 Å². The number of hydrogen-bond acceptors (Lipinski definition) is 4. The first kappa shape index (κ1) is 26.6. The van der Waals surface area contributed by atoms with Gasteiger partial charge in [0.05, 0.1) is 11.7 Å². The highest BCUT2D eigenvalue weighted by Gasteiger charge is 2.62. The van der Waals surface area contributed by atoms with E-state index >= 15 is 0 Å². The molecule has 1 aromatic carbocycles. The van der Waals surface area contributed by atoms with Crippen LogP contribution in [0.1, 0.15) is 64.9 Å². The zero-order valence-corrected chi connectivity index (χ0v) is 23.6. The lowest BCUT2D eigenvalue weighted by Gasteiger charge is -2.56. The van der Waals surface area contributed by atoms with E-state index in [1.807, 2.05) is 20.2 Å². The van der Waals surface area contributed by atoms with Gasteiger partial charge in [-0.3, -0.25) is 0 Å². The topological polar surface area (TPSA) is 65.4 Å². The first-order valence-corrected chi connectivity index (χ1v) is 14.1. The number of aliphatic hydroxyl groups excluding tert-OH is 1. The Balaban J connectivity index is 0.000000892. The number of nitrogens with one attached hydrogen (secondary N) is 1. The largest absolute Gasteiger partial charge is 0.393 e. The average Bonchev–Trinajstić information content (AvgIpc) is 3.16. The van der Waals surface area contributed by atoms with Crippen LogP contribution in [0.25, 0.3) is 16.3 Å². The highest BCUT2D eigenvalue weighted by atomic mass is 35.5. The molecule has 4 aliphatic rings. The van der Waals surface area contributed by atoms with Crippen molar-refractivity contribution in [2.45, 2.75) is 71.0 Å². The number of aromatic nitrogens is 1. The van der Waals surface area contributed by atoms with E-state index in [9.17, 15) is 10.2 Å². The molecule has 4 aliphatic carbocycles. The van der Waals surface area contributed by atoms with Crippen LogP contribution in [0.15, 0.2) is 59.8 Å². The first-order valence-electron chi connectivity index (χ1n) is 13.7. The zero-order valence-electron chi connectivity index (χ0n) is 22.8. The lowest BCUT2D eigenvalue weighted by atomic mass is 9.49. The fraction of sp³-hybridized carbons (Fsp3) is 0.531. The molecule has 37 heavy (non-hydrogen) atoms. The minimum absolute atomic E-state index is 0.114. The minimum atomic E-state index is -0.845. The summed E-state index contributed by atoms with van der Waals surface area (Å²) in [6.07, 6.45) is 13.8. The van der Waals surface area contributed by atoms with Gasteiger partial charge in [-0.25, -0.2) is 4.98 Å². The van der Waals surface area contributed by atoms with Crippen LogP contribution in [-0.4, -0.2) is 41.0 Å². The van der Waals surface area contributed by atoms with E-state index in [1.165, 1.54) is 16.7 Å². The van der Waals surface area contributed by atoms with Crippen molar-refractivity contribution in [3.8, 4) is 0 Å². The number of nitrogens with zero attached hydrogens (tertiary/aromatic N) is 1. The van der Waals surface area contributed by atoms with Crippen molar-refractivity contribution in [3.63, 3.8) is 0 Å². The lowest BCUT2D eigenvalue weighted by molar-refractivity contribution is -0.0651. The highest BCUT2D eigenvalue weighted by Crippen LogP contribution is 2.67. The van der Waals surface area contributed by atoms with Crippen LogP contribution in [0.5, 0.6) is 0 Å². The molecule has 2 aromatic rings. The number of allylic oxidation sites excluding steroid dienone is 3. The summed E-state index contributed by atoms with van der Waals surface area (Å²) in [4.78, 5) is 4.22. The Morgan fingerprint density at radius 3 is 2.59 bits per heavy atom. The van der Waals surface area contributed by atoms with Gasteiger partial charge in [0.25, 0.3) is 0 Å². The minimum Gasteiger partial charge on any atom is -0.393 e. The molecule has 5 heteroatoms. The van der Waals surface area contributed by atoms with Crippen LogP contribution in [0, 0.1) is 22.7 Å². The van der Waals surface area contributed by atoms with Gasteiger partial charge in [0.1, 0.15) is 5.15 Å². The van der Waals surface area contributed by atoms with E-state index in [2.05, 4.69) is 67.5 Å². The number of rotatable bonds is 1. The Bertz CT molecular complexity index is 1290. The molecule has 1 heterocycles. The average molecular weight is 521 g/mol. The summed E-state index contributed by atoms with van der Waals surface area (Å²) < 4.78 is 0. The molecule has 0 amide bonds. The number of benzene rings is 1. The van der Waals surface area contributed by atoms with Crippen molar-refractivity contribution in [1.82, 2.24) is 10.3 Å². The molecule has 0 radical (unpaired) electrons. The normalized spacial score (nSPS) is 34.1. The van der Waals surface area contributed by atoms with Gasteiger partial charge in [-0.15, -0.1) is 0 Å². The predicted molar refractivity (Wildman–Crippen MR) is 153 cm³/mol. The number of fused-ring (bicyclic) bond motifs is 5. The molecule has 5 atom stereocenters. The Kier molecular flexibility index (Phi) is 6.94. The van der Waals surface area contributed by atoms with E-state index in [0.29, 0.717) is 11.1 Å². The zero-order chi connectivity index (χ0) is 26.6. The Labute approximate surface area is 226 Å². The summed E-state index contributed by atoms with van der Waals surface area (Å²) in [5, 5.41) is 28.0. The molecule has 1 saturated carbocycles. The quantitative estimate of drug-likeness (QED) is 0.365. The van der Waals surface area contributed by atoms with Crippen LogP contribution < -0.4 is 5.32 Å². The standard InChI is InChI=1S/C30H34ClNO2.C2H7N/c1-28(2)17-22-15-21-16-23(33)6-4-18(21)10-12-30(22,34)26-9-8-25(29(26,28)3)20-5-7-24-19(14-20)11-13-32-27(24)31;1-3-2/h5,7-8,11,13-15,17-18,23,26,33-34H,4,6,9-10,12,16H2,1-3H3;3H,1-2H3/t18?,23?,26?,29?,30-;/m1./s1.